The van der Waals surface area contributed by atoms with Gasteiger partial charge < -0.3 is 4.90 Å². The lowest BCUT2D eigenvalue weighted by molar-refractivity contribution is 0.0982. The molecule has 5 rings (SSSR count). The third kappa shape index (κ3) is 7.78. The third-order valence-corrected chi connectivity index (χ3v) is 6.97. The van der Waals surface area contributed by atoms with Gasteiger partial charge in [0.15, 0.2) is 22.6 Å². The van der Waals surface area contributed by atoms with Crippen molar-refractivity contribution in [2.75, 3.05) is 14.1 Å². The molecule has 7 nitrogen and oxygen atoms in total. The Hall–Kier alpha value is -4.78. The van der Waals surface area contributed by atoms with Gasteiger partial charge in [-0.3, -0.25) is 9.59 Å². The molecule has 0 saturated heterocycles. The minimum Gasteiger partial charge on any atom is -0.305 e. The van der Waals surface area contributed by atoms with E-state index < -0.39 is 23.0 Å². The molecule has 3 aromatic carbocycles. The van der Waals surface area contributed by atoms with Crippen molar-refractivity contribution in [1.29, 1.82) is 0 Å². The molecule has 0 radical (unpaired) electrons. The van der Waals surface area contributed by atoms with Gasteiger partial charge in [-0.05, 0) is 67.2 Å². The van der Waals surface area contributed by atoms with E-state index in [1.54, 1.807) is 6.20 Å². The summed E-state index contributed by atoms with van der Waals surface area (Å²) in [4.78, 5) is 37.1. The highest BCUT2D eigenvalue weighted by molar-refractivity contribution is 6.29. The van der Waals surface area contributed by atoms with Crippen LogP contribution in [0, 0.1) is 23.5 Å². The highest BCUT2D eigenvalue weighted by Crippen LogP contribution is 2.16. The van der Waals surface area contributed by atoms with E-state index >= 15 is 0 Å². The normalized spacial score (nSPS) is 11.0. The fraction of sp³-hybridized carbons (Fsp3) is 0.206. The standard InChI is InChI=1S/C34H28ClF2N5O2/c1-41(2)20-24-9-7-23(8-10-24)17-33-38-19-26-15-22(12-14-30(26)39-33)5-3-4-6-31(43)27-18-32(35)40-42(34(27)44)21-25-11-13-28(36)29(37)16-25/h7-16,18-19H,4,6,17,20-21H2,1-2H3. The molecule has 5 aromatic rings. The topological polar surface area (TPSA) is 81.0 Å². The van der Waals surface area contributed by atoms with Crippen LogP contribution in [0.5, 0.6) is 0 Å². The van der Waals surface area contributed by atoms with Gasteiger partial charge in [0, 0.05) is 43.0 Å². The van der Waals surface area contributed by atoms with Gasteiger partial charge in [-0.25, -0.2) is 23.4 Å². The zero-order chi connectivity index (χ0) is 31.2. The predicted molar refractivity (Wildman–Crippen MR) is 166 cm³/mol. The van der Waals surface area contributed by atoms with Crippen LogP contribution in [0.2, 0.25) is 5.15 Å². The summed E-state index contributed by atoms with van der Waals surface area (Å²) >= 11 is 6.05. The number of fused-ring (bicyclic) bond motifs is 1. The Morgan fingerprint density at radius 3 is 2.45 bits per heavy atom. The number of nitrogens with zero attached hydrogens (tertiary/aromatic N) is 5. The molecule has 0 spiro atoms. The maximum absolute atomic E-state index is 13.6. The zero-order valence-corrected chi connectivity index (χ0v) is 24.9. The van der Waals surface area contributed by atoms with Gasteiger partial charge in [-0.1, -0.05) is 53.8 Å². The molecule has 0 aliphatic heterocycles. The quantitative estimate of drug-likeness (QED) is 0.154. The van der Waals surface area contributed by atoms with Crippen LogP contribution in [0.15, 0.2) is 77.7 Å². The Kier molecular flexibility index (Phi) is 9.53. The van der Waals surface area contributed by atoms with Crippen molar-refractivity contribution in [3.63, 3.8) is 0 Å². The molecule has 2 aromatic heterocycles. The molecule has 0 amide bonds. The van der Waals surface area contributed by atoms with Crippen molar-refractivity contribution in [2.24, 2.45) is 0 Å². The first kappa shape index (κ1) is 30.7. The van der Waals surface area contributed by atoms with E-state index in [4.69, 9.17) is 16.6 Å². The molecule has 222 valence electrons. The number of hydrogen-bond acceptors (Lipinski definition) is 6. The van der Waals surface area contributed by atoms with Crippen LogP contribution in [0.1, 0.15) is 51.3 Å². The minimum absolute atomic E-state index is 0.00998. The van der Waals surface area contributed by atoms with Crippen LogP contribution in [-0.2, 0) is 19.5 Å². The first-order valence-electron chi connectivity index (χ1n) is 13.9. The second kappa shape index (κ2) is 13.7. The van der Waals surface area contributed by atoms with Crippen LogP contribution in [0.25, 0.3) is 10.9 Å². The third-order valence-electron chi connectivity index (χ3n) is 6.78. The number of hydrogen-bond donors (Lipinski definition) is 0. The highest BCUT2D eigenvalue weighted by Gasteiger charge is 2.15. The van der Waals surface area contributed by atoms with Crippen LogP contribution in [-0.4, -0.2) is 44.5 Å². The number of aromatic nitrogens is 4. The highest BCUT2D eigenvalue weighted by atomic mass is 35.5. The number of rotatable bonds is 9. The lowest BCUT2D eigenvalue weighted by Gasteiger charge is -2.10. The lowest BCUT2D eigenvalue weighted by atomic mass is 10.1. The van der Waals surface area contributed by atoms with Crippen LogP contribution in [0.3, 0.4) is 0 Å². The predicted octanol–water partition coefficient (Wildman–Crippen LogP) is 5.83. The Balaban J connectivity index is 1.21. The van der Waals surface area contributed by atoms with Crippen molar-refractivity contribution in [1.82, 2.24) is 24.6 Å². The van der Waals surface area contributed by atoms with E-state index in [9.17, 15) is 18.4 Å². The molecule has 44 heavy (non-hydrogen) atoms. The van der Waals surface area contributed by atoms with Crippen LogP contribution < -0.4 is 5.56 Å². The SMILES string of the molecule is CN(C)Cc1ccc(Cc2ncc3cc(C#CCCC(=O)c4cc(Cl)nn(Cc5ccc(F)c(F)c5)c4=O)ccc3n2)cc1. The summed E-state index contributed by atoms with van der Waals surface area (Å²) in [6.45, 7) is 0.715. The van der Waals surface area contributed by atoms with E-state index in [1.807, 2.05) is 32.3 Å². The Labute approximate surface area is 258 Å². The molecule has 0 N–H and O–H groups in total. The average molecular weight is 612 g/mol. The van der Waals surface area contributed by atoms with Gasteiger partial charge in [-0.15, -0.1) is 0 Å². The molecule has 0 bridgehead atoms. The van der Waals surface area contributed by atoms with Crippen molar-refractivity contribution >= 4 is 28.3 Å². The first-order chi connectivity index (χ1) is 21.1. The lowest BCUT2D eigenvalue weighted by Crippen LogP contribution is -2.29. The van der Waals surface area contributed by atoms with E-state index in [-0.39, 0.29) is 30.1 Å². The zero-order valence-electron chi connectivity index (χ0n) is 24.2. The minimum atomic E-state index is -1.05. The molecule has 0 unspecified atom stereocenters. The smallest absolute Gasteiger partial charge is 0.278 e. The van der Waals surface area contributed by atoms with Crippen LogP contribution >= 0.6 is 11.6 Å². The van der Waals surface area contributed by atoms with Crippen molar-refractivity contribution in [3.8, 4) is 11.8 Å². The number of ketones is 1. The molecule has 0 aliphatic carbocycles. The number of Topliss-reactive ketones (excluding diaryl/α,β-unsaturated/α-hetero) is 1. The molecule has 0 aliphatic rings. The monoisotopic (exact) mass is 611 g/mol. The molecule has 10 heteroatoms. The van der Waals surface area contributed by atoms with Gasteiger partial charge in [0.1, 0.15) is 5.82 Å². The summed E-state index contributed by atoms with van der Waals surface area (Å²) in [6.07, 6.45) is 2.61. The molecule has 0 atom stereocenters. The van der Waals surface area contributed by atoms with E-state index in [1.165, 1.54) is 17.7 Å². The maximum Gasteiger partial charge on any atom is 0.278 e. The number of halogens is 3. The second-order valence-electron chi connectivity index (χ2n) is 10.6. The molecule has 2 heterocycles. The van der Waals surface area contributed by atoms with Gasteiger partial charge in [0.2, 0.25) is 0 Å². The molecule has 0 fully saturated rings. The fourth-order valence-corrected chi connectivity index (χ4v) is 4.85. The van der Waals surface area contributed by atoms with E-state index in [2.05, 4.69) is 51.1 Å². The van der Waals surface area contributed by atoms with Gasteiger partial charge >= 0.3 is 0 Å². The summed E-state index contributed by atoms with van der Waals surface area (Å²) in [5, 5.41) is 4.71. The Morgan fingerprint density at radius 2 is 1.70 bits per heavy atom. The summed E-state index contributed by atoms with van der Waals surface area (Å²) in [5.41, 5.74) is 3.43. The Bertz CT molecular complexity index is 1960. The van der Waals surface area contributed by atoms with Gasteiger partial charge in [0.25, 0.3) is 5.56 Å². The van der Waals surface area contributed by atoms with Gasteiger partial charge in [0.05, 0.1) is 17.6 Å². The molecular formula is C34H28ClF2N5O2. The van der Waals surface area contributed by atoms with E-state index in [0.29, 0.717) is 12.0 Å². The van der Waals surface area contributed by atoms with Crippen LogP contribution in [0.4, 0.5) is 8.78 Å². The largest absolute Gasteiger partial charge is 0.305 e. The number of carbonyl (C=O) groups excluding carboxylic acids is 1. The maximum atomic E-state index is 13.6. The summed E-state index contributed by atoms with van der Waals surface area (Å²) < 4.78 is 27.8. The first-order valence-corrected chi connectivity index (χ1v) is 14.2. The van der Waals surface area contributed by atoms with Crippen molar-refractivity contribution in [2.45, 2.75) is 32.4 Å². The summed E-state index contributed by atoms with van der Waals surface area (Å²) in [7, 11) is 4.08. The Morgan fingerprint density at radius 1 is 0.955 bits per heavy atom. The number of carbonyl (C=O) groups is 1. The number of benzene rings is 3. The van der Waals surface area contributed by atoms with Gasteiger partial charge in [-0.2, -0.15) is 5.10 Å². The molecular weight excluding hydrogens is 584 g/mol. The summed E-state index contributed by atoms with van der Waals surface area (Å²) in [6, 6.07) is 18.6. The fourth-order valence-electron chi connectivity index (χ4n) is 4.65. The average Bonchev–Trinajstić information content (AvgIpc) is 2.99. The summed E-state index contributed by atoms with van der Waals surface area (Å²) in [5.74, 6) is 4.26. The van der Waals surface area contributed by atoms with Crippen molar-refractivity contribution in [3.05, 3.63) is 134 Å². The molecule has 0 saturated carbocycles. The second-order valence-corrected chi connectivity index (χ2v) is 11.0. The van der Waals surface area contributed by atoms with E-state index in [0.717, 1.165) is 51.2 Å². The van der Waals surface area contributed by atoms with Crippen molar-refractivity contribution < 1.29 is 13.6 Å².